The summed E-state index contributed by atoms with van der Waals surface area (Å²) in [5.74, 6) is 1.50. The molecule has 3 aromatic rings. The van der Waals surface area contributed by atoms with Gasteiger partial charge in [-0.25, -0.2) is 14.1 Å². The van der Waals surface area contributed by atoms with Crippen LogP contribution in [0.1, 0.15) is 36.2 Å². The number of rotatable bonds is 5. The van der Waals surface area contributed by atoms with E-state index < -0.39 is 0 Å². The molecule has 160 valence electrons. The third-order valence-electron chi connectivity index (χ3n) is 6.23. The van der Waals surface area contributed by atoms with Crippen molar-refractivity contribution in [2.24, 2.45) is 0 Å². The van der Waals surface area contributed by atoms with Crippen LogP contribution >= 0.6 is 0 Å². The first-order chi connectivity index (χ1) is 15.3. The van der Waals surface area contributed by atoms with Gasteiger partial charge >= 0.3 is 0 Å². The first-order valence-electron chi connectivity index (χ1n) is 11.1. The largest absolute Gasteiger partial charge is 0.494 e. The minimum absolute atomic E-state index is 0.236. The van der Waals surface area contributed by atoms with Crippen molar-refractivity contribution in [1.82, 2.24) is 19.7 Å². The molecule has 1 fully saturated rings. The molecule has 0 amide bonds. The Bertz CT molecular complexity index is 1060. The summed E-state index contributed by atoms with van der Waals surface area (Å²) in [6.45, 7) is 4.63. The minimum atomic E-state index is -0.236. The maximum Gasteiger partial charge on any atom is 0.158 e. The van der Waals surface area contributed by atoms with Crippen molar-refractivity contribution in [3.05, 3.63) is 83.2 Å². The molecule has 0 radical (unpaired) electrons. The van der Waals surface area contributed by atoms with Crippen LogP contribution in [0.5, 0.6) is 5.75 Å². The molecule has 1 aromatic heterocycles. The average molecular weight is 419 g/mol. The monoisotopic (exact) mass is 418 g/mol. The van der Waals surface area contributed by atoms with Crippen LogP contribution in [0.3, 0.4) is 0 Å². The zero-order valence-corrected chi connectivity index (χ0v) is 17.6. The van der Waals surface area contributed by atoms with Gasteiger partial charge in [-0.3, -0.25) is 0 Å². The molecule has 0 atom stereocenters. The van der Waals surface area contributed by atoms with Gasteiger partial charge < -0.3 is 9.64 Å². The van der Waals surface area contributed by atoms with E-state index in [1.165, 1.54) is 34.4 Å². The van der Waals surface area contributed by atoms with E-state index in [0.29, 0.717) is 6.61 Å². The predicted octanol–water partition coefficient (Wildman–Crippen LogP) is 4.34. The second kappa shape index (κ2) is 9.02. The fraction of sp³-hybridized carbons (Fsp3) is 0.360. The second-order valence-corrected chi connectivity index (χ2v) is 8.19. The molecule has 0 saturated carbocycles. The van der Waals surface area contributed by atoms with Crippen molar-refractivity contribution >= 4 is 5.57 Å². The van der Waals surface area contributed by atoms with Crippen molar-refractivity contribution < 1.29 is 9.13 Å². The Hall–Kier alpha value is -2.99. The summed E-state index contributed by atoms with van der Waals surface area (Å²) in [6, 6.07) is 14.9. The second-order valence-electron chi connectivity index (χ2n) is 8.19. The number of ether oxygens (including phenoxy) is 1. The van der Waals surface area contributed by atoms with Gasteiger partial charge in [0.05, 0.1) is 6.61 Å². The van der Waals surface area contributed by atoms with Crippen LogP contribution in [0.15, 0.2) is 60.4 Å². The van der Waals surface area contributed by atoms with Gasteiger partial charge in [-0.05, 0) is 61.1 Å². The third-order valence-corrected chi connectivity index (χ3v) is 6.23. The predicted molar refractivity (Wildman–Crippen MR) is 118 cm³/mol. The standard InChI is InChI=1S/C25H27FN4O/c26-21-6-8-22(9-7-21)31-17-3-13-29-14-10-20(11-15-29)24-23-5-2-1-4-19(23)12-16-30-25(24)27-18-28-30/h1-2,4-9,18H,3,10-17H2. The third kappa shape index (κ3) is 4.39. The molecule has 5 rings (SSSR count). The van der Waals surface area contributed by atoms with Gasteiger partial charge in [0.1, 0.15) is 17.9 Å². The molecule has 3 heterocycles. The summed E-state index contributed by atoms with van der Waals surface area (Å²) in [4.78, 5) is 7.13. The Morgan fingerprint density at radius 3 is 2.58 bits per heavy atom. The van der Waals surface area contributed by atoms with Crippen LogP contribution in [0, 0.1) is 5.82 Å². The van der Waals surface area contributed by atoms with Crippen LogP contribution in [0.2, 0.25) is 0 Å². The van der Waals surface area contributed by atoms with Crippen LogP contribution in [0.25, 0.3) is 5.57 Å². The van der Waals surface area contributed by atoms with Gasteiger partial charge in [0.15, 0.2) is 5.82 Å². The summed E-state index contributed by atoms with van der Waals surface area (Å²) in [5.41, 5.74) is 5.50. The van der Waals surface area contributed by atoms with Gasteiger partial charge in [-0.1, -0.05) is 29.8 Å². The maximum atomic E-state index is 13.0. The molecular weight excluding hydrogens is 391 g/mol. The zero-order chi connectivity index (χ0) is 21.0. The number of halogens is 1. The fourth-order valence-corrected chi connectivity index (χ4v) is 4.60. The van der Waals surface area contributed by atoms with Crippen LogP contribution in [-0.2, 0) is 13.0 Å². The van der Waals surface area contributed by atoms with Gasteiger partial charge in [-0.2, -0.15) is 5.10 Å². The first-order valence-corrected chi connectivity index (χ1v) is 11.1. The topological polar surface area (TPSA) is 43.2 Å². The summed E-state index contributed by atoms with van der Waals surface area (Å²) >= 11 is 0. The maximum absolute atomic E-state index is 13.0. The van der Waals surface area contributed by atoms with E-state index in [0.717, 1.165) is 63.4 Å². The zero-order valence-electron chi connectivity index (χ0n) is 17.6. The molecule has 0 bridgehead atoms. The average Bonchev–Trinajstić information content (AvgIpc) is 3.20. The summed E-state index contributed by atoms with van der Waals surface area (Å²) in [5, 5.41) is 4.47. The van der Waals surface area contributed by atoms with E-state index in [1.54, 1.807) is 18.5 Å². The number of aromatic nitrogens is 3. The molecule has 31 heavy (non-hydrogen) atoms. The number of aryl methyl sites for hydroxylation is 2. The quantitative estimate of drug-likeness (QED) is 0.578. The van der Waals surface area contributed by atoms with E-state index >= 15 is 0 Å². The molecular formula is C25H27FN4O. The Morgan fingerprint density at radius 2 is 1.74 bits per heavy atom. The lowest BCUT2D eigenvalue weighted by Gasteiger charge is -2.30. The van der Waals surface area contributed by atoms with Crippen molar-refractivity contribution in [3.8, 4) is 5.75 Å². The summed E-state index contributed by atoms with van der Waals surface area (Å²) < 4.78 is 20.8. The van der Waals surface area contributed by atoms with Crippen LogP contribution < -0.4 is 4.74 Å². The van der Waals surface area contributed by atoms with E-state index in [4.69, 9.17) is 4.74 Å². The Kier molecular flexibility index (Phi) is 5.80. The Labute approximate surface area is 182 Å². The van der Waals surface area contributed by atoms with E-state index in [2.05, 4.69) is 43.9 Å². The van der Waals surface area contributed by atoms with Gasteiger partial charge in [-0.15, -0.1) is 0 Å². The van der Waals surface area contributed by atoms with Crippen molar-refractivity contribution in [3.63, 3.8) is 0 Å². The SMILES string of the molecule is Fc1ccc(OCCCN2CCC(=C3c4ccccc4CCn4ncnc43)CC2)cc1. The number of benzene rings is 2. The lowest BCUT2D eigenvalue weighted by molar-refractivity contribution is 0.223. The molecule has 0 spiro atoms. The number of piperidine rings is 1. The highest BCUT2D eigenvalue weighted by Gasteiger charge is 2.25. The highest BCUT2D eigenvalue weighted by molar-refractivity contribution is 5.81. The molecule has 0 unspecified atom stereocenters. The molecule has 2 aliphatic rings. The van der Waals surface area contributed by atoms with E-state index in [-0.39, 0.29) is 5.82 Å². The number of hydrogen-bond donors (Lipinski definition) is 0. The smallest absolute Gasteiger partial charge is 0.158 e. The van der Waals surface area contributed by atoms with E-state index in [1.807, 2.05) is 0 Å². The fourth-order valence-electron chi connectivity index (χ4n) is 4.60. The van der Waals surface area contributed by atoms with Crippen molar-refractivity contribution in [2.45, 2.75) is 32.2 Å². The highest BCUT2D eigenvalue weighted by Crippen LogP contribution is 2.35. The molecule has 2 aliphatic heterocycles. The molecule has 0 aliphatic carbocycles. The summed E-state index contributed by atoms with van der Waals surface area (Å²) in [7, 11) is 0. The summed E-state index contributed by atoms with van der Waals surface area (Å²) in [6.07, 6.45) is 5.73. The van der Waals surface area contributed by atoms with Crippen LogP contribution in [0.4, 0.5) is 4.39 Å². The molecule has 0 N–H and O–H groups in total. The molecule has 5 nitrogen and oxygen atoms in total. The Morgan fingerprint density at radius 1 is 0.935 bits per heavy atom. The molecule has 6 heteroatoms. The van der Waals surface area contributed by atoms with Crippen molar-refractivity contribution in [2.75, 3.05) is 26.2 Å². The van der Waals surface area contributed by atoms with Gasteiger partial charge in [0, 0.05) is 31.8 Å². The molecule has 2 aromatic carbocycles. The number of nitrogens with zero attached hydrogens (tertiary/aromatic N) is 4. The Balaban J connectivity index is 1.23. The van der Waals surface area contributed by atoms with Gasteiger partial charge in [0.25, 0.3) is 0 Å². The van der Waals surface area contributed by atoms with Crippen LogP contribution in [-0.4, -0.2) is 45.9 Å². The van der Waals surface area contributed by atoms with Crippen molar-refractivity contribution in [1.29, 1.82) is 0 Å². The lowest BCUT2D eigenvalue weighted by Crippen LogP contribution is -2.32. The minimum Gasteiger partial charge on any atom is -0.494 e. The molecule has 1 saturated heterocycles. The lowest BCUT2D eigenvalue weighted by atomic mass is 9.90. The number of likely N-dealkylation sites (tertiary alicyclic amines) is 1. The van der Waals surface area contributed by atoms with E-state index in [9.17, 15) is 4.39 Å². The number of fused-ring (bicyclic) bond motifs is 2. The first kappa shape index (κ1) is 19.9. The normalized spacial score (nSPS) is 16.5. The highest BCUT2D eigenvalue weighted by atomic mass is 19.1. The number of hydrogen-bond acceptors (Lipinski definition) is 4. The van der Waals surface area contributed by atoms with Gasteiger partial charge in [0.2, 0.25) is 0 Å².